The van der Waals surface area contributed by atoms with Crippen molar-refractivity contribution in [2.24, 2.45) is 10.4 Å². The van der Waals surface area contributed by atoms with Gasteiger partial charge in [-0.15, -0.1) is 0 Å². The minimum atomic E-state index is 0.102. The first-order valence-electron chi connectivity index (χ1n) is 6.21. The lowest BCUT2D eigenvalue weighted by atomic mass is 9.76. The molecule has 0 aromatic heterocycles. The van der Waals surface area contributed by atoms with Crippen LogP contribution in [0.4, 0.5) is 0 Å². The molecule has 1 aliphatic heterocycles. The second-order valence-corrected chi connectivity index (χ2v) is 5.78. The number of carbonyl (C=O) groups excluding carboxylic acids is 1. The zero-order valence-corrected chi connectivity index (χ0v) is 10.3. The zero-order valence-electron chi connectivity index (χ0n) is 10.3. The van der Waals surface area contributed by atoms with Gasteiger partial charge in [0.25, 0.3) is 0 Å². The largest absolute Gasteiger partial charge is 0.376 e. The topological polar surface area (TPSA) is 38.7 Å². The predicted molar refractivity (Wildman–Crippen MR) is 63.9 cm³/mol. The van der Waals surface area contributed by atoms with Crippen molar-refractivity contribution in [1.82, 2.24) is 0 Å². The average Bonchev–Trinajstić information content (AvgIpc) is 2.63. The molecule has 3 nitrogen and oxygen atoms in total. The number of aliphatic imine (C=N–C) groups is 1. The van der Waals surface area contributed by atoms with Crippen molar-refractivity contribution in [2.45, 2.75) is 52.1 Å². The predicted octanol–water partition coefficient (Wildman–Crippen LogP) is 2.39. The molecule has 0 radical (unpaired) electrons. The van der Waals surface area contributed by atoms with E-state index >= 15 is 0 Å². The van der Waals surface area contributed by atoms with Gasteiger partial charge in [0.15, 0.2) is 0 Å². The minimum absolute atomic E-state index is 0.102. The van der Waals surface area contributed by atoms with Crippen LogP contribution < -0.4 is 0 Å². The Labute approximate surface area is 97.3 Å². The first kappa shape index (κ1) is 11.8. The van der Waals surface area contributed by atoms with Gasteiger partial charge < -0.3 is 4.74 Å². The Morgan fingerprint density at radius 3 is 2.88 bits per heavy atom. The molecule has 90 valence electrons. The Morgan fingerprint density at radius 1 is 1.44 bits per heavy atom. The number of Topliss-reactive ketones (excluding diaryl/α,β-unsaturated/α-hetero) is 1. The lowest BCUT2D eigenvalue weighted by Gasteiger charge is -2.29. The summed E-state index contributed by atoms with van der Waals surface area (Å²) in [6, 6.07) is 0. The van der Waals surface area contributed by atoms with Crippen molar-refractivity contribution in [3.05, 3.63) is 0 Å². The van der Waals surface area contributed by atoms with Crippen LogP contribution in [0.2, 0.25) is 0 Å². The van der Waals surface area contributed by atoms with Crippen molar-refractivity contribution in [3.8, 4) is 0 Å². The van der Waals surface area contributed by atoms with Gasteiger partial charge in [0.1, 0.15) is 5.78 Å². The molecule has 1 aliphatic carbocycles. The highest BCUT2D eigenvalue weighted by atomic mass is 16.5. The van der Waals surface area contributed by atoms with E-state index in [-0.39, 0.29) is 5.41 Å². The number of hydrogen-bond donors (Lipinski definition) is 0. The fourth-order valence-corrected chi connectivity index (χ4v) is 2.63. The van der Waals surface area contributed by atoms with Gasteiger partial charge in [-0.25, -0.2) is 0 Å². The minimum Gasteiger partial charge on any atom is -0.376 e. The molecule has 16 heavy (non-hydrogen) atoms. The molecule has 0 unspecified atom stereocenters. The fourth-order valence-electron chi connectivity index (χ4n) is 2.63. The van der Waals surface area contributed by atoms with Crippen molar-refractivity contribution in [1.29, 1.82) is 0 Å². The molecule has 0 aromatic carbocycles. The molecule has 1 saturated carbocycles. The maximum absolute atomic E-state index is 11.6. The molecule has 0 bridgehead atoms. The van der Waals surface area contributed by atoms with Gasteiger partial charge in [-0.3, -0.25) is 9.79 Å². The fraction of sp³-hybridized carbons (Fsp3) is 0.846. The lowest BCUT2D eigenvalue weighted by Crippen LogP contribution is -2.29. The first-order chi connectivity index (χ1) is 7.55. The molecule has 3 heteroatoms. The molecule has 0 aromatic rings. The summed E-state index contributed by atoms with van der Waals surface area (Å²) in [6.45, 7) is 5.91. The number of rotatable bonds is 2. The summed E-state index contributed by atoms with van der Waals surface area (Å²) in [7, 11) is 0. The van der Waals surface area contributed by atoms with Gasteiger partial charge in [0, 0.05) is 25.2 Å². The van der Waals surface area contributed by atoms with Crippen LogP contribution in [-0.2, 0) is 9.53 Å². The molecular formula is C13H21NO2. The van der Waals surface area contributed by atoms with Crippen molar-refractivity contribution < 1.29 is 9.53 Å². The third-order valence-corrected chi connectivity index (χ3v) is 3.30. The molecule has 1 atom stereocenters. The lowest BCUT2D eigenvalue weighted by molar-refractivity contribution is -0.120. The van der Waals surface area contributed by atoms with E-state index in [0.717, 1.165) is 38.1 Å². The second kappa shape index (κ2) is 4.66. The Morgan fingerprint density at radius 2 is 2.25 bits per heavy atom. The summed E-state index contributed by atoms with van der Waals surface area (Å²) in [6.07, 6.45) is 4.80. The van der Waals surface area contributed by atoms with Gasteiger partial charge in [-0.05, 0) is 24.7 Å². The van der Waals surface area contributed by atoms with Crippen LogP contribution in [0.5, 0.6) is 0 Å². The van der Waals surface area contributed by atoms with E-state index in [9.17, 15) is 4.79 Å². The van der Waals surface area contributed by atoms with E-state index in [1.54, 1.807) is 0 Å². The van der Waals surface area contributed by atoms with Crippen LogP contribution in [-0.4, -0.2) is 30.8 Å². The summed E-state index contributed by atoms with van der Waals surface area (Å²) >= 11 is 0. The van der Waals surface area contributed by atoms with Crippen LogP contribution in [0.1, 0.15) is 46.0 Å². The maximum Gasteiger partial charge on any atom is 0.139 e. The first-order valence-corrected chi connectivity index (χ1v) is 6.21. The summed E-state index contributed by atoms with van der Waals surface area (Å²) in [5.41, 5.74) is 1.18. The number of carbonyl (C=O) groups is 1. The maximum atomic E-state index is 11.6. The monoisotopic (exact) mass is 223 g/mol. The highest BCUT2D eigenvalue weighted by molar-refractivity contribution is 6.04. The molecule has 0 N–H and O–H groups in total. The van der Waals surface area contributed by atoms with Gasteiger partial charge in [-0.2, -0.15) is 0 Å². The highest BCUT2D eigenvalue weighted by Gasteiger charge is 2.30. The normalized spacial score (nSPS) is 32.2. The van der Waals surface area contributed by atoms with Crippen LogP contribution >= 0.6 is 0 Å². The molecule has 2 aliphatic rings. The molecular weight excluding hydrogens is 202 g/mol. The van der Waals surface area contributed by atoms with Gasteiger partial charge in [0.2, 0.25) is 0 Å². The Bertz CT molecular complexity index is 301. The number of nitrogens with zero attached hydrogens (tertiary/aromatic N) is 1. The van der Waals surface area contributed by atoms with Crippen molar-refractivity contribution >= 4 is 11.5 Å². The zero-order chi connectivity index (χ0) is 11.6. The van der Waals surface area contributed by atoms with E-state index in [1.807, 2.05) is 0 Å². The molecule has 2 rings (SSSR count). The Balaban J connectivity index is 1.92. The molecule has 0 amide bonds. The van der Waals surface area contributed by atoms with Crippen LogP contribution in [0.25, 0.3) is 0 Å². The van der Waals surface area contributed by atoms with Crippen LogP contribution in [0.15, 0.2) is 4.99 Å². The Kier molecular flexibility index (Phi) is 3.43. The highest BCUT2D eigenvalue weighted by Crippen LogP contribution is 2.31. The SMILES string of the molecule is CC1(C)CC(=O)CC(=NC[C@@H]2CCCO2)C1. The summed E-state index contributed by atoms with van der Waals surface area (Å²) in [5.74, 6) is 0.336. The van der Waals surface area contributed by atoms with E-state index in [4.69, 9.17) is 4.74 Å². The third-order valence-electron chi connectivity index (χ3n) is 3.30. The summed E-state index contributed by atoms with van der Waals surface area (Å²) < 4.78 is 5.53. The van der Waals surface area contributed by atoms with E-state index < -0.39 is 0 Å². The Hall–Kier alpha value is -0.700. The average molecular weight is 223 g/mol. The molecule has 1 heterocycles. The second-order valence-electron chi connectivity index (χ2n) is 5.78. The van der Waals surface area contributed by atoms with E-state index in [2.05, 4.69) is 18.8 Å². The summed E-state index contributed by atoms with van der Waals surface area (Å²) in [5, 5.41) is 0. The van der Waals surface area contributed by atoms with Crippen molar-refractivity contribution in [3.63, 3.8) is 0 Å². The molecule has 2 fully saturated rings. The number of ketones is 1. The van der Waals surface area contributed by atoms with E-state index in [0.29, 0.717) is 24.7 Å². The van der Waals surface area contributed by atoms with E-state index in [1.165, 1.54) is 0 Å². The standard InChI is InChI=1S/C13H21NO2/c1-13(2)7-10(6-11(15)8-13)14-9-12-4-3-5-16-12/h12H,3-9H2,1-2H3/t12-/m0/s1. The quantitative estimate of drug-likeness (QED) is 0.721. The molecule has 0 spiro atoms. The number of hydrogen-bond acceptors (Lipinski definition) is 3. The summed E-state index contributed by atoms with van der Waals surface area (Å²) in [4.78, 5) is 16.2. The van der Waals surface area contributed by atoms with Gasteiger partial charge in [0.05, 0.1) is 12.6 Å². The van der Waals surface area contributed by atoms with Crippen LogP contribution in [0, 0.1) is 5.41 Å². The smallest absolute Gasteiger partial charge is 0.139 e. The molecule has 1 saturated heterocycles. The van der Waals surface area contributed by atoms with Crippen LogP contribution in [0.3, 0.4) is 0 Å². The van der Waals surface area contributed by atoms with Gasteiger partial charge >= 0.3 is 0 Å². The number of ether oxygens (including phenoxy) is 1. The van der Waals surface area contributed by atoms with Gasteiger partial charge in [-0.1, -0.05) is 13.8 Å². The van der Waals surface area contributed by atoms with Crippen molar-refractivity contribution in [2.75, 3.05) is 13.2 Å². The third kappa shape index (κ3) is 3.14.